The standard InChI is InChI=1S/C20H27N5O2.HI/c1-15-11-25(13-18(15)19(26)27-3)20(21-2)23-10-16-4-6-17(7-5-16)12-24-9-8-22-14-24;/h4-9,14-15,18H,10-13H2,1-3H3,(H,21,23);1H. The van der Waals surface area contributed by atoms with Crippen LogP contribution in [0.1, 0.15) is 18.1 Å². The summed E-state index contributed by atoms with van der Waals surface area (Å²) in [7, 11) is 3.22. The first-order valence-electron chi connectivity index (χ1n) is 9.17. The van der Waals surface area contributed by atoms with E-state index in [-0.39, 0.29) is 41.8 Å². The summed E-state index contributed by atoms with van der Waals surface area (Å²) in [5.74, 6) is 0.819. The molecule has 3 rings (SSSR count). The van der Waals surface area contributed by atoms with Gasteiger partial charge in [-0.2, -0.15) is 0 Å². The monoisotopic (exact) mass is 497 g/mol. The smallest absolute Gasteiger partial charge is 0.310 e. The van der Waals surface area contributed by atoms with Gasteiger partial charge in [0.25, 0.3) is 0 Å². The minimum Gasteiger partial charge on any atom is -0.469 e. The normalized spacial score (nSPS) is 19.2. The number of nitrogens with one attached hydrogen (secondary N) is 1. The van der Waals surface area contributed by atoms with E-state index in [0.717, 1.165) is 19.0 Å². The van der Waals surface area contributed by atoms with Gasteiger partial charge >= 0.3 is 5.97 Å². The highest BCUT2D eigenvalue weighted by Gasteiger charge is 2.36. The van der Waals surface area contributed by atoms with Crippen LogP contribution in [0.2, 0.25) is 0 Å². The molecule has 2 heterocycles. The lowest BCUT2D eigenvalue weighted by atomic mass is 9.99. The summed E-state index contributed by atoms with van der Waals surface area (Å²) in [4.78, 5) is 22.5. The van der Waals surface area contributed by atoms with Crippen molar-refractivity contribution in [1.29, 1.82) is 0 Å². The van der Waals surface area contributed by atoms with Crippen LogP contribution in [0, 0.1) is 11.8 Å². The van der Waals surface area contributed by atoms with E-state index in [2.05, 4.69) is 51.4 Å². The molecule has 0 amide bonds. The zero-order valence-corrected chi connectivity index (χ0v) is 18.9. The van der Waals surface area contributed by atoms with Crippen LogP contribution in [-0.2, 0) is 22.6 Å². The highest BCUT2D eigenvalue weighted by Crippen LogP contribution is 2.24. The number of methoxy groups -OCH3 is 1. The maximum Gasteiger partial charge on any atom is 0.310 e. The number of hydrogen-bond acceptors (Lipinski definition) is 4. The molecule has 1 aliphatic heterocycles. The van der Waals surface area contributed by atoms with Crippen molar-refractivity contribution in [3.63, 3.8) is 0 Å². The number of aliphatic imine (C=N–C) groups is 1. The molecule has 1 fully saturated rings. The summed E-state index contributed by atoms with van der Waals surface area (Å²) in [5.41, 5.74) is 2.41. The fraction of sp³-hybridized carbons (Fsp3) is 0.450. The molecule has 0 saturated carbocycles. The van der Waals surface area contributed by atoms with Crippen molar-refractivity contribution in [2.24, 2.45) is 16.8 Å². The first-order chi connectivity index (χ1) is 13.1. The largest absolute Gasteiger partial charge is 0.469 e. The Hall–Kier alpha value is -2.10. The number of halogens is 1. The minimum atomic E-state index is -0.145. The highest BCUT2D eigenvalue weighted by atomic mass is 127. The van der Waals surface area contributed by atoms with Crippen molar-refractivity contribution in [2.45, 2.75) is 20.0 Å². The zero-order chi connectivity index (χ0) is 19.2. The maximum absolute atomic E-state index is 11.9. The third-order valence-corrected chi connectivity index (χ3v) is 5.03. The van der Waals surface area contributed by atoms with Gasteiger partial charge in [0.2, 0.25) is 0 Å². The number of aromatic nitrogens is 2. The van der Waals surface area contributed by atoms with E-state index < -0.39 is 0 Å². The minimum absolute atomic E-state index is 0. The number of carbonyl (C=O) groups is 1. The quantitative estimate of drug-likeness (QED) is 0.297. The molecule has 2 aromatic rings. The van der Waals surface area contributed by atoms with Crippen LogP contribution in [0.4, 0.5) is 0 Å². The Kier molecular flexibility index (Phi) is 8.28. The van der Waals surface area contributed by atoms with Gasteiger partial charge in [0.15, 0.2) is 5.96 Å². The Morgan fingerprint density at radius 1 is 1.29 bits per heavy atom. The zero-order valence-electron chi connectivity index (χ0n) is 16.5. The third kappa shape index (κ3) is 5.46. The summed E-state index contributed by atoms with van der Waals surface area (Å²) in [6.45, 7) is 5.01. The Morgan fingerprint density at radius 2 is 2.00 bits per heavy atom. The molecule has 8 heteroatoms. The number of carbonyl (C=O) groups excluding carboxylic acids is 1. The summed E-state index contributed by atoms with van der Waals surface area (Å²) < 4.78 is 6.96. The predicted octanol–water partition coefficient (Wildman–Crippen LogP) is 2.37. The van der Waals surface area contributed by atoms with Crippen molar-refractivity contribution >= 4 is 35.9 Å². The lowest BCUT2D eigenvalue weighted by Gasteiger charge is -2.21. The Labute approximate surface area is 183 Å². The van der Waals surface area contributed by atoms with Gasteiger partial charge in [0.1, 0.15) is 0 Å². The Bertz CT molecular complexity index is 776. The van der Waals surface area contributed by atoms with Crippen LogP contribution < -0.4 is 5.32 Å². The van der Waals surface area contributed by atoms with E-state index in [4.69, 9.17) is 4.74 Å². The molecular formula is C20H28IN5O2. The first kappa shape index (κ1) is 22.2. The van der Waals surface area contributed by atoms with E-state index in [1.54, 1.807) is 13.2 Å². The number of benzene rings is 1. The number of esters is 1. The van der Waals surface area contributed by atoms with Crippen LogP contribution >= 0.6 is 24.0 Å². The van der Waals surface area contributed by atoms with Gasteiger partial charge in [-0.05, 0) is 17.0 Å². The summed E-state index contributed by atoms with van der Waals surface area (Å²) in [6, 6.07) is 8.50. The summed E-state index contributed by atoms with van der Waals surface area (Å²) >= 11 is 0. The van der Waals surface area contributed by atoms with Gasteiger partial charge in [0, 0.05) is 45.6 Å². The van der Waals surface area contributed by atoms with Crippen LogP contribution in [0.25, 0.3) is 0 Å². The number of guanidine groups is 1. The van der Waals surface area contributed by atoms with Gasteiger partial charge in [-0.1, -0.05) is 31.2 Å². The molecule has 7 nitrogen and oxygen atoms in total. The number of nitrogens with zero attached hydrogens (tertiary/aromatic N) is 4. The van der Waals surface area contributed by atoms with Gasteiger partial charge in [-0.15, -0.1) is 24.0 Å². The first-order valence-corrected chi connectivity index (χ1v) is 9.17. The number of ether oxygens (including phenoxy) is 1. The molecule has 0 radical (unpaired) electrons. The lowest BCUT2D eigenvalue weighted by molar-refractivity contribution is -0.145. The van der Waals surface area contributed by atoms with Crippen molar-refractivity contribution < 1.29 is 9.53 Å². The van der Waals surface area contributed by atoms with Crippen molar-refractivity contribution in [2.75, 3.05) is 27.2 Å². The summed E-state index contributed by atoms with van der Waals surface area (Å²) in [5, 5.41) is 3.40. The fourth-order valence-corrected chi connectivity index (χ4v) is 3.46. The van der Waals surface area contributed by atoms with E-state index in [9.17, 15) is 4.79 Å². The van der Waals surface area contributed by atoms with Crippen molar-refractivity contribution in [3.05, 3.63) is 54.1 Å². The fourth-order valence-electron chi connectivity index (χ4n) is 3.46. The van der Waals surface area contributed by atoms with E-state index in [1.807, 2.05) is 17.1 Å². The number of likely N-dealkylation sites (tertiary alicyclic amines) is 1. The van der Waals surface area contributed by atoms with Crippen LogP contribution in [0.3, 0.4) is 0 Å². The lowest BCUT2D eigenvalue weighted by Crippen LogP contribution is -2.40. The predicted molar refractivity (Wildman–Crippen MR) is 120 cm³/mol. The SMILES string of the molecule is CN=C(NCc1ccc(Cn2ccnc2)cc1)N1CC(C)C(C(=O)OC)C1.I. The molecule has 0 bridgehead atoms. The molecule has 1 saturated heterocycles. The van der Waals surface area contributed by atoms with Gasteiger partial charge in [-0.25, -0.2) is 4.98 Å². The molecule has 1 aromatic heterocycles. The molecule has 2 unspecified atom stereocenters. The molecule has 152 valence electrons. The molecule has 0 aliphatic carbocycles. The Balaban J connectivity index is 0.00000280. The molecular weight excluding hydrogens is 469 g/mol. The van der Waals surface area contributed by atoms with E-state index >= 15 is 0 Å². The van der Waals surface area contributed by atoms with Gasteiger partial charge < -0.3 is 19.5 Å². The highest BCUT2D eigenvalue weighted by molar-refractivity contribution is 14.0. The third-order valence-electron chi connectivity index (χ3n) is 5.03. The van der Waals surface area contributed by atoms with E-state index in [0.29, 0.717) is 13.1 Å². The molecule has 1 aromatic carbocycles. The van der Waals surface area contributed by atoms with Gasteiger partial charge in [-0.3, -0.25) is 9.79 Å². The summed E-state index contributed by atoms with van der Waals surface area (Å²) in [6.07, 6.45) is 5.56. The second-order valence-corrected chi connectivity index (χ2v) is 6.96. The molecule has 0 spiro atoms. The Morgan fingerprint density at radius 3 is 2.61 bits per heavy atom. The average molecular weight is 497 g/mol. The van der Waals surface area contributed by atoms with Crippen LogP contribution in [0.5, 0.6) is 0 Å². The topological polar surface area (TPSA) is 71.8 Å². The second kappa shape index (κ2) is 10.4. The number of rotatable bonds is 5. The van der Waals surface area contributed by atoms with Gasteiger partial charge in [0.05, 0.1) is 19.4 Å². The molecule has 1 N–H and O–H groups in total. The van der Waals surface area contributed by atoms with Crippen molar-refractivity contribution in [1.82, 2.24) is 19.8 Å². The average Bonchev–Trinajstić information content (AvgIpc) is 3.33. The molecule has 1 aliphatic rings. The second-order valence-electron chi connectivity index (χ2n) is 6.96. The maximum atomic E-state index is 11.9. The molecule has 28 heavy (non-hydrogen) atoms. The van der Waals surface area contributed by atoms with Crippen LogP contribution in [-0.4, -0.2) is 53.6 Å². The number of imidazole rings is 1. The molecule has 2 atom stereocenters. The van der Waals surface area contributed by atoms with Crippen molar-refractivity contribution in [3.8, 4) is 0 Å². The van der Waals surface area contributed by atoms with Crippen LogP contribution in [0.15, 0.2) is 48.0 Å². The van der Waals surface area contributed by atoms with E-state index in [1.165, 1.54) is 18.2 Å². The number of hydrogen-bond donors (Lipinski definition) is 1.